The third-order valence-corrected chi connectivity index (χ3v) is 2.92. The minimum absolute atomic E-state index is 0.122. The summed E-state index contributed by atoms with van der Waals surface area (Å²) < 4.78 is 0. The van der Waals surface area contributed by atoms with Crippen molar-refractivity contribution < 1.29 is 14.4 Å². The first-order valence-electron chi connectivity index (χ1n) is 6.31. The van der Waals surface area contributed by atoms with Crippen molar-refractivity contribution in [1.82, 2.24) is 15.5 Å². The fourth-order valence-corrected chi connectivity index (χ4v) is 1.50. The zero-order valence-electron chi connectivity index (χ0n) is 12.8. The van der Waals surface area contributed by atoms with Crippen LogP contribution in [0.15, 0.2) is 0 Å². The summed E-state index contributed by atoms with van der Waals surface area (Å²) in [5.74, 6) is -0.746. The molecule has 0 bridgehead atoms. The second-order valence-electron chi connectivity index (χ2n) is 5.69. The summed E-state index contributed by atoms with van der Waals surface area (Å²) in [5.41, 5.74) is -0.546. The van der Waals surface area contributed by atoms with Crippen molar-refractivity contribution in [2.75, 3.05) is 14.1 Å². The Morgan fingerprint density at radius 1 is 1.05 bits per heavy atom. The molecule has 0 heterocycles. The highest BCUT2D eigenvalue weighted by atomic mass is 16.2. The van der Waals surface area contributed by atoms with Crippen LogP contribution in [0.5, 0.6) is 0 Å². The van der Waals surface area contributed by atoms with Crippen LogP contribution >= 0.6 is 0 Å². The van der Waals surface area contributed by atoms with Gasteiger partial charge in [-0.15, -0.1) is 0 Å². The first-order valence-corrected chi connectivity index (χ1v) is 6.31. The van der Waals surface area contributed by atoms with Gasteiger partial charge in [-0.25, -0.2) is 0 Å². The number of hydrogen-bond acceptors (Lipinski definition) is 3. The fourth-order valence-electron chi connectivity index (χ4n) is 1.50. The van der Waals surface area contributed by atoms with Gasteiger partial charge in [0.2, 0.25) is 17.7 Å². The summed E-state index contributed by atoms with van der Waals surface area (Å²) >= 11 is 0. The molecule has 0 aliphatic heterocycles. The molecule has 3 amide bonds. The van der Waals surface area contributed by atoms with Crippen LogP contribution in [0, 0.1) is 5.41 Å². The Morgan fingerprint density at radius 3 is 1.89 bits per heavy atom. The van der Waals surface area contributed by atoms with Crippen LogP contribution in [0.25, 0.3) is 0 Å². The second-order valence-corrected chi connectivity index (χ2v) is 5.69. The highest BCUT2D eigenvalue weighted by molar-refractivity contribution is 5.92. The SMILES string of the molecule is CNC(=O)C(C)NC(=O)C(C)N(C)C(=O)C(C)(C)C. The average Bonchev–Trinajstić information content (AvgIpc) is 2.33. The molecule has 0 aromatic rings. The van der Waals surface area contributed by atoms with Crippen LogP contribution < -0.4 is 10.6 Å². The molecular weight excluding hydrogens is 246 g/mol. The summed E-state index contributed by atoms with van der Waals surface area (Å²) in [6, 6.07) is -1.25. The van der Waals surface area contributed by atoms with Crippen molar-refractivity contribution in [1.29, 1.82) is 0 Å². The van der Waals surface area contributed by atoms with Crippen molar-refractivity contribution in [3.05, 3.63) is 0 Å². The highest BCUT2D eigenvalue weighted by Gasteiger charge is 2.31. The van der Waals surface area contributed by atoms with Crippen molar-refractivity contribution in [2.24, 2.45) is 5.41 Å². The first-order chi connectivity index (χ1) is 8.52. The lowest BCUT2D eigenvalue weighted by Gasteiger charge is -2.30. The molecule has 110 valence electrons. The molecule has 0 rings (SSSR count). The number of rotatable bonds is 4. The predicted molar refractivity (Wildman–Crippen MR) is 73.4 cm³/mol. The maximum Gasteiger partial charge on any atom is 0.243 e. The molecule has 0 fully saturated rings. The van der Waals surface area contributed by atoms with E-state index in [4.69, 9.17) is 0 Å². The summed E-state index contributed by atoms with van der Waals surface area (Å²) in [6.07, 6.45) is 0. The van der Waals surface area contributed by atoms with E-state index in [1.807, 2.05) is 0 Å². The molecule has 6 nitrogen and oxygen atoms in total. The van der Waals surface area contributed by atoms with Crippen LogP contribution in [0.1, 0.15) is 34.6 Å². The third-order valence-electron chi connectivity index (χ3n) is 2.92. The Balaban J connectivity index is 4.66. The van der Waals surface area contributed by atoms with E-state index in [0.29, 0.717) is 0 Å². The molecule has 0 saturated carbocycles. The van der Waals surface area contributed by atoms with E-state index in [2.05, 4.69) is 10.6 Å². The summed E-state index contributed by atoms with van der Waals surface area (Å²) in [6.45, 7) is 8.61. The van der Waals surface area contributed by atoms with E-state index in [-0.39, 0.29) is 17.7 Å². The largest absolute Gasteiger partial charge is 0.357 e. The molecule has 2 atom stereocenters. The molecule has 0 aliphatic rings. The van der Waals surface area contributed by atoms with Gasteiger partial charge in [-0.2, -0.15) is 0 Å². The Kier molecular flexibility index (Phi) is 5.99. The van der Waals surface area contributed by atoms with Crippen molar-refractivity contribution >= 4 is 17.7 Å². The van der Waals surface area contributed by atoms with E-state index in [1.54, 1.807) is 41.7 Å². The van der Waals surface area contributed by atoms with Crippen molar-refractivity contribution in [3.8, 4) is 0 Å². The number of nitrogens with one attached hydrogen (secondary N) is 2. The van der Waals surface area contributed by atoms with Gasteiger partial charge in [0.15, 0.2) is 0 Å². The number of amides is 3. The molecule has 0 saturated heterocycles. The Hall–Kier alpha value is -1.59. The molecule has 0 aromatic heterocycles. The Bertz CT molecular complexity index is 361. The van der Waals surface area contributed by atoms with Crippen LogP contribution in [0.3, 0.4) is 0 Å². The lowest BCUT2D eigenvalue weighted by atomic mass is 9.94. The van der Waals surface area contributed by atoms with Gasteiger partial charge in [0.05, 0.1) is 0 Å². The zero-order valence-corrected chi connectivity index (χ0v) is 12.8. The van der Waals surface area contributed by atoms with Gasteiger partial charge in [-0.1, -0.05) is 20.8 Å². The number of carbonyl (C=O) groups excluding carboxylic acids is 3. The molecule has 0 aromatic carbocycles. The van der Waals surface area contributed by atoms with E-state index in [9.17, 15) is 14.4 Å². The van der Waals surface area contributed by atoms with Gasteiger partial charge in [-0.05, 0) is 13.8 Å². The van der Waals surface area contributed by atoms with E-state index in [0.717, 1.165) is 0 Å². The van der Waals surface area contributed by atoms with Crippen LogP contribution in [0.2, 0.25) is 0 Å². The fraction of sp³-hybridized carbons (Fsp3) is 0.769. The standard InChI is InChI=1S/C13H25N3O3/c1-8(10(17)14-6)15-11(18)9(2)16(7)12(19)13(3,4)5/h8-9H,1-7H3,(H,14,17)(H,15,18). The molecule has 2 N–H and O–H groups in total. The van der Waals surface area contributed by atoms with Crippen LogP contribution in [-0.4, -0.2) is 48.8 Å². The smallest absolute Gasteiger partial charge is 0.243 e. The predicted octanol–water partition coefficient (Wildman–Crippen LogP) is 0.130. The second kappa shape index (κ2) is 6.54. The summed E-state index contributed by atoms with van der Waals surface area (Å²) in [7, 11) is 3.09. The van der Waals surface area contributed by atoms with Crippen molar-refractivity contribution in [2.45, 2.75) is 46.7 Å². The molecule has 6 heteroatoms. The molecule has 0 spiro atoms. The van der Waals surface area contributed by atoms with Gasteiger partial charge in [0, 0.05) is 19.5 Å². The lowest BCUT2D eigenvalue weighted by molar-refractivity contribution is -0.144. The summed E-state index contributed by atoms with van der Waals surface area (Å²) in [5, 5.41) is 5.02. The number of carbonyl (C=O) groups is 3. The monoisotopic (exact) mass is 271 g/mol. The van der Waals surface area contributed by atoms with Crippen LogP contribution in [-0.2, 0) is 14.4 Å². The highest BCUT2D eigenvalue weighted by Crippen LogP contribution is 2.17. The number of hydrogen-bond donors (Lipinski definition) is 2. The van der Waals surface area contributed by atoms with E-state index in [1.165, 1.54) is 11.9 Å². The number of nitrogens with zero attached hydrogens (tertiary/aromatic N) is 1. The first kappa shape index (κ1) is 17.4. The Morgan fingerprint density at radius 2 is 1.53 bits per heavy atom. The third kappa shape index (κ3) is 4.89. The zero-order chi connectivity index (χ0) is 15.4. The molecule has 0 aliphatic carbocycles. The van der Waals surface area contributed by atoms with Gasteiger partial charge in [-0.3, -0.25) is 14.4 Å². The van der Waals surface area contributed by atoms with E-state index >= 15 is 0 Å². The molecule has 2 unspecified atom stereocenters. The minimum Gasteiger partial charge on any atom is -0.357 e. The van der Waals surface area contributed by atoms with E-state index < -0.39 is 17.5 Å². The maximum atomic E-state index is 12.1. The minimum atomic E-state index is -0.627. The van der Waals surface area contributed by atoms with Gasteiger partial charge in [0.1, 0.15) is 12.1 Å². The maximum absolute atomic E-state index is 12.1. The van der Waals surface area contributed by atoms with Gasteiger partial charge < -0.3 is 15.5 Å². The molecular formula is C13H25N3O3. The van der Waals surface area contributed by atoms with Gasteiger partial charge >= 0.3 is 0 Å². The number of likely N-dealkylation sites (N-methyl/N-ethyl adjacent to an activating group) is 2. The Labute approximate surface area is 114 Å². The topological polar surface area (TPSA) is 78.5 Å². The normalized spacial score (nSPS) is 14.3. The lowest BCUT2D eigenvalue weighted by Crippen LogP contribution is -2.53. The average molecular weight is 271 g/mol. The molecule has 0 radical (unpaired) electrons. The van der Waals surface area contributed by atoms with Gasteiger partial charge in [0.25, 0.3) is 0 Å². The van der Waals surface area contributed by atoms with Crippen molar-refractivity contribution in [3.63, 3.8) is 0 Å². The summed E-state index contributed by atoms with van der Waals surface area (Å²) in [4.78, 5) is 36.7. The molecule has 19 heavy (non-hydrogen) atoms. The quantitative estimate of drug-likeness (QED) is 0.763. The van der Waals surface area contributed by atoms with Crippen LogP contribution in [0.4, 0.5) is 0 Å².